The molecule has 4 N–H and O–H groups in total. The second-order valence-electron chi connectivity index (χ2n) is 6.94. The van der Waals surface area contributed by atoms with Crippen LogP contribution in [0.25, 0.3) is 0 Å². The van der Waals surface area contributed by atoms with Crippen LogP contribution in [0, 0.1) is 5.92 Å². The van der Waals surface area contributed by atoms with Crippen molar-refractivity contribution < 1.29 is 4.79 Å². The monoisotopic (exact) mass is 310 g/mol. The van der Waals surface area contributed by atoms with Crippen LogP contribution in [0.3, 0.4) is 0 Å². The molecule has 1 aliphatic carbocycles. The van der Waals surface area contributed by atoms with Gasteiger partial charge in [0.15, 0.2) is 5.96 Å². The van der Waals surface area contributed by atoms with E-state index in [-0.39, 0.29) is 5.91 Å². The largest absolute Gasteiger partial charge is 0.370 e. The molecule has 22 heavy (non-hydrogen) atoms. The third kappa shape index (κ3) is 8.90. The molecular weight excluding hydrogens is 276 g/mol. The second-order valence-corrected chi connectivity index (χ2v) is 6.94. The number of aliphatic imine (C=N–C) groups is 1. The van der Waals surface area contributed by atoms with Crippen molar-refractivity contribution >= 4 is 11.9 Å². The fraction of sp³-hybridized carbons (Fsp3) is 0.882. The van der Waals surface area contributed by atoms with Gasteiger partial charge < -0.3 is 16.4 Å². The van der Waals surface area contributed by atoms with E-state index < -0.39 is 0 Å². The Bertz CT molecular complexity index is 349. The topological polar surface area (TPSA) is 79.5 Å². The minimum Gasteiger partial charge on any atom is -0.370 e. The van der Waals surface area contributed by atoms with Gasteiger partial charge in [0.1, 0.15) is 0 Å². The van der Waals surface area contributed by atoms with Gasteiger partial charge in [-0.25, -0.2) is 0 Å². The minimum absolute atomic E-state index is 0.0911. The Morgan fingerprint density at radius 1 is 1.23 bits per heavy atom. The fourth-order valence-electron chi connectivity index (χ4n) is 2.85. The molecule has 0 radical (unpaired) electrons. The lowest BCUT2D eigenvalue weighted by molar-refractivity contribution is -0.121. The third-order valence-electron chi connectivity index (χ3n) is 4.15. The van der Waals surface area contributed by atoms with Gasteiger partial charge in [0, 0.05) is 18.5 Å². The van der Waals surface area contributed by atoms with E-state index in [1.54, 1.807) is 0 Å². The lowest BCUT2D eigenvalue weighted by Crippen LogP contribution is -2.39. The summed E-state index contributed by atoms with van der Waals surface area (Å²) in [6.45, 7) is 7.06. The van der Waals surface area contributed by atoms with Crippen molar-refractivity contribution in [2.45, 2.75) is 84.2 Å². The number of carbonyl (C=O) groups is 1. The Morgan fingerprint density at radius 3 is 2.55 bits per heavy atom. The van der Waals surface area contributed by atoms with Crippen molar-refractivity contribution in [2.24, 2.45) is 16.6 Å². The van der Waals surface area contributed by atoms with Crippen LogP contribution >= 0.6 is 0 Å². The third-order valence-corrected chi connectivity index (χ3v) is 4.15. The summed E-state index contributed by atoms with van der Waals surface area (Å²) in [4.78, 5) is 16.0. The quantitative estimate of drug-likeness (QED) is 0.452. The number of nitrogens with two attached hydrogens (primary N) is 1. The average Bonchev–Trinajstić information content (AvgIpc) is 2.90. The van der Waals surface area contributed by atoms with E-state index in [9.17, 15) is 4.79 Å². The van der Waals surface area contributed by atoms with E-state index in [1.165, 1.54) is 25.7 Å². The highest BCUT2D eigenvalue weighted by molar-refractivity contribution is 5.79. The molecule has 0 spiro atoms. The molecule has 1 unspecified atom stereocenters. The van der Waals surface area contributed by atoms with E-state index in [4.69, 9.17) is 5.73 Å². The maximum Gasteiger partial charge on any atom is 0.222 e. The van der Waals surface area contributed by atoms with Crippen LogP contribution in [0.4, 0.5) is 0 Å². The smallest absolute Gasteiger partial charge is 0.222 e. The Kier molecular flexibility index (Phi) is 8.94. The molecule has 128 valence electrons. The number of nitrogens with one attached hydrogen (secondary N) is 2. The summed E-state index contributed by atoms with van der Waals surface area (Å²) in [6, 6.07) is 0.711. The molecule has 1 atom stereocenters. The van der Waals surface area contributed by atoms with Crippen molar-refractivity contribution in [3.05, 3.63) is 0 Å². The molecule has 5 nitrogen and oxygen atoms in total. The van der Waals surface area contributed by atoms with E-state index in [0.717, 1.165) is 25.2 Å². The summed E-state index contributed by atoms with van der Waals surface area (Å²) in [5, 5.41) is 6.26. The first-order chi connectivity index (χ1) is 10.5. The number of nitrogens with zero attached hydrogens (tertiary/aromatic N) is 1. The molecule has 1 rings (SSSR count). The maximum atomic E-state index is 11.8. The Labute approximate surface area is 135 Å². The molecule has 1 amide bonds. The van der Waals surface area contributed by atoms with Gasteiger partial charge in [-0.1, -0.05) is 39.5 Å². The van der Waals surface area contributed by atoms with E-state index in [0.29, 0.717) is 31.0 Å². The van der Waals surface area contributed by atoms with Crippen molar-refractivity contribution in [1.82, 2.24) is 10.6 Å². The summed E-state index contributed by atoms with van der Waals surface area (Å²) in [5.41, 5.74) is 5.86. The molecule has 0 bridgehead atoms. The zero-order valence-electron chi connectivity index (χ0n) is 14.5. The fourth-order valence-corrected chi connectivity index (χ4v) is 2.85. The number of hydrogen-bond acceptors (Lipinski definition) is 2. The van der Waals surface area contributed by atoms with Crippen LogP contribution in [0.1, 0.15) is 72.1 Å². The lowest BCUT2D eigenvalue weighted by atomic mass is 10.0. The van der Waals surface area contributed by atoms with Gasteiger partial charge in [0.05, 0.1) is 6.54 Å². The summed E-state index contributed by atoms with van der Waals surface area (Å²) in [5.74, 6) is 1.29. The molecule has 0 aromatic rings. The predicted molar refractivity (Wildman–Crippen MR) is 92.8 cm³/mol. The average molecular weight is 310 g/mol. The Balaban J connectivity index is 2.11. The molecule has 5 heteroatoms. The maximum absolute atomic E-state index is 11.8. The van der Waals surface area contributed by atoms with Crippen LogP contribution < -0.4 is 16.4 Å². The molecule has 0 aromatic carbocycles. The van der Waals surface area contributed by atoms with E-state index in [1.807, 2.05) is 0 Å². The van der Waals surface area contributed by atoms with Gasteiger partial charge in [0.2, 0.25) is 5.91 Å². The SMILES string of the molecule is CC(C)CCCC(C)NC(N)=NCCC(=O)NC1CCCC1. The highest BCUT2D eigenvalue weighted by Gasteiger charge is 2.16. The molecule has 0 aliphatic heterocycles. The van der Waals surface area contributed by atoms with Crippen LogP contribution in [0.15, 0.2) is 4.99 Å². The summed E-state index contributed by atoms with van der Waals surface area (Å²) < 4.78 is 0. The van der Waals surface area contributed by atoms with E-state index in [2.05, 4.69) is 36.4 Å². The van der Waals surface area contributed by atoms with Crippen molar-refractivity contribution in [3.8, 4) is 0 Å². The van der Waals surface area contributed by atoms with Crippen molar-refractivity contribution in [1.29, 1.82) is 0 Å². The Morgan fingerprint density at radius 2 is 1.91 bits per heavy atom. The molecule has 0 heterocycles. The summed E-state index contributed by atoms with van der Waals surface area (Å²) in [6.07, 6.45) is 8.65. The van der Waals surface area contributed by atoms with Gasteiger partial charge in [-0.15, -0.1) is 0 Å². The molecule has 1 saturated carbocycles. The number of guanidine groups is 1. The number of rotatable bonds is 9. The normalized spacial score (nSPS) is 17.7. The van der Waals surface area contributed by atoms with E-state index >= 15 is 0 Å². The summed E-state index contributed by atoms with van der Waals surface area (Å²) >= 11 is 0. The van der Waals surface area contributed by atoms with Gasteiger partial charge >= 0.3 is 0 Å². The van der Waals surface area contributed by atoms with Gasteiger partial charge in [-0.05, 0) is 32.1 Å². The minimum atomic E-state index is 0.0911. The zero-order chi connectivity index (χ0) is 16.4. The first-order valence-electron chi connectivity index (χ1n) is 8.83. The Hall–Kier alpha value is -1.26. The first kappa shape index (κ1) is 18.8. The van der Waals surface area contributed by atoms with Crippen LogP contribution in [-0.2, 0) is 4.79 Å². The molecule has 1 fully saturated rings. The van der Waals surface area contributed by atoms with Crippen LogP contribution in [0.2, 0.25) is 0 Å². The number of amides is 1. The standard InChI is InChI=1S/C17H34N4O/c1-13(2)7-6-8-14(3)20-17(18)19-12-11-16(22)21-15-9-4-5-10-15/h13-15H,4-12H2,1-3H3,(H,21,22)(H3,18,19,20). The molecule has 0 saturated heterocycles. The highest BCUT2D eigenvalue weighted by atomic mass is 16.1. The summed E-state index contributed by atoms with van der Waals surface area (Å²) in [7, 11) is 0. The van der Waals surface area contributed by atoms with Crippen LogP contribution in [-0.4, -0.2) is 30.5 Å². The highest BCUT2D eigenvalue weighted by Crippen LogP contribution is 2.17. The second kappa shape index (κ2) is 10.5. The zero-order valence-corrected chi connectivity index (χ0v) is 14.5. The van der Waals surface area contributed by atoms with Crippen molar-refractivity contribution in [3.63, 3.8) is 0 Å². The molecular formula is C17H34N4O. The number of hydrogen-bond donors (Lipinski definition) is 3. The van der Waals surface area contributed by atoms with Crippen LogP contribution in [0.5, 0.6) is 0 Å². The van der Waals surface area contributed by atoms with Gasteiger partial charge in [-0.2, -0.15) is 0 Å². The molecule has 1 aliphatic rings. The van der Waals surface area contributed by atoms with Gasteiger partial charge in [0.25, 0.3) is 0 Å². The van der Waals surface area contributed by atoms with Gasteiger partial charge in [-0.3, -0.25) is 9.79 Å². The predicted octanol–water partition coefficient (Wildman–Crippen LogP) is 2.55. The first-order valence-corrected chi connectivity index (χ1v) is 8.83. The lowest BCUT2D eigenvalue weighted by Gasteiger charge is -2.15. The van der Waals surface area contributed by atoms with Crippen molar-refractivity contribution in [2.75, 3.05) is 6.54 Å². The number of carbonyl (C=O) groups excluding carboxylic acids is 1. The molecule has 0 aromatic heterocycles.